The molecule has 0 amide bonds. The molecule has 1 rings (SSSR count). The second-order valence-electron chi connectivity index (χ2n) is 3.34. The number of allylic oxidation sites excluding steroid dienone is 1. The van der Waals surface area contributed by atoms with Gasteiger partial charge in [0.25, 0.3) is 0 Å². The summed E-state index contributed by atoms with van der Waals surface area (Å²) in [5.74, 6) is 0. The molecule has 0 aromatic carbocycles. The van der Waals surface area contributed by atoms with Crippen LogP contribution in [0.25, 0.3) is 0 Å². The highest BCUT2D eigenvalue weighted by Gasteiger charge is 2.06. The molecule has 0 bridgehead atoms. The molecule has 1 aliphatic heterocycles. The van der Waals surface area contributed by atoms with Gasteiger partial charge in [0, 0.05) is 19.6 Å². The van der Waals surface area contributed by atoms with Crippen LogP contribution in [0.3, 0.4) is 0 Å². The summed E-state index contributed by atoms with van der Waals surface area (Å²) in [6.45, 7) is 7.69. The van der Waals surface area contributed by atoms with E-state index in [4.69, 9.17) is 0 Å². The summed E-state index contributed by atoms with van der Waals surface area (Å²) in [7, 11) is 0. The van der Waals surface area contributed by atoms with Crippen molar-refractivity contribution in [1.29, 1.82) is 0 Å². The van der Waals surface area contributed by atoms with Crippen molar-refractivity contribution in [2.75, 3.05) is 19.6 Å². The van der Waals surface area contributed by atoms with E-state index in [9.17, 15) is 0 Å². The molecule has 0 aliphatic carbocycles. The first-order chi connectivity index (χ1) is 5.29. The van der Waals surface area contributed by atoms with Crippen LogP contribution in [0.2, 0.25) is 0 Å². The smallest absolute Gasteiger partial charge is 0.0314 e. The molecule has 1 saturated heterocycles. The largest absolute Gasteiger partial charge is 0.255 e. The average Bonchev–Trinajstić information content (AvgIpc) is 2.03. The lowest BCUT2D eigenvalue weighted by Crippen LogP contribution is -2.43. The molecular formula is C9H18N2. The summed E-state index contributed by atoms with van der Waals surface area (Å²) < 4.78 is 0. The summed E-state index contributed by atoms with van der Waals surface area (Å²) in [6, 6.07) is 0. The van der Waals surface area contributed by atoms with Crippen molar-refractivity contribution in [3.05, 3.63) is 11.6 Å². The topological polar surface area (TPSA) is 15.3 Å². The Labute approximate surface area is 69.2 Å². The fourth-order valence-corrected chi connectivity index (χ4v) is 1.19. The quantitative estimate of drug-likeness (QED) is 0.607. The minimum Gasteiger partial charge on any atom is -0.255 e. The first-order valence-electron chi connectivity index (χ1n) is 4.41. The monoisotopic (exact) mass is 154 g/mol. The second-order valence-corrected chi connectivity index (χ2v) is 3.34. The maximum Gasteiger partial charge on any atom is 0.0314 e. The molecule has 1 N–H and O–H groups in total. The summed E-state index contributed by atoms with van der Waals surface area (Å²) in [6.07, 6.45) is 4.92. The van der Waals surface area contributed by atoms with Gasteiger partial charge in [-0.15, -0.1) is 0 Å². The van der Waals surface area contributed by atoms with E-state index in [-0.39, 0.29) is 0 Å². The van der Waals surface area contributed by atoms with Gasteiger partial charge < -0.3 is 0 Å². The lowest BCUT2D eigenvalue weighted by Gasteiger charge is -2.26. The number of nitrogens with one attached hydrogen (secondary N) is 1. The molecule has 11 heavy (non-hydrogen) atoms. The minimum absolute atomic E-state index is 1.06. The number of nitrogens with zero attached hydrogens (tertiary/aromatic N) is 1. The van der Waals surface area contributed by atoms with Gasteiger partial charge in [-0.1, -0.05) is 11.6 Å². The molecule has 1 aliphatic rings. The van der Waals surface area contributed by atoms with Crippen molar-refractivity contribution < 1.29 is 0 Å². The van der Waals surface area contributed by atoms with Crippen molar-refractivity contribution in [3.8, 4) is 0 Å². The Morgan fingerprint density at radius 2 is 2.27 bits per heavy atom. The van der Waals surface area contributed by atoms with Gasteiger partial charge in [0.15, 0.2) is 0 Å². The van der Waals surface area contributed by atoms with Crippen LogP contribution in [0.1, 0.15) is 26.7 Å². The van der Waals surface area contributed by atoms with E-state index in [1.165, 1.54) is 25.0 Å². The molecule has 0 aromatic rings. The van der Waals surface area contributed by atoms with Crippen LogP contribution < -0.4 is 5.43 Å². The zero-order chi connectivity index (χ0) is 8.10. The van der Waals surface area contributed by atoms with Crippen molar-refractivity contribution >= 4 is 0 Å². The Morgan fingerprint density at radius 1 is 1.45 bits per heavy atom. The van der Waals surface area contributed by atoms with Crippen LogP contribution in [0.5, 0.6) is 0 Å². The Bertz CT molecular complexity index is 130. The van der Waals surface area contributed by atoms with Gasteiger partial charge in [0.05, 0.1) is 0 Å². The maximum absolute atomic E-state index is 3.36. The Morgan fingerprint density at radius 3 is 2.82 bits per heavy atom. The van der Waals surface area contributed by atoms with E-state index < -0.39 is 0 Å². The Balaban J connectivity index is 2.19. The molecule has 2 nitrogen and oxygen atoms in total. The summed E-state index contributed by atoms with van der Waals surface area (Å²) >= 11 is 0. The minimum atomic E-state index is 1.06. The second kappa shape index (κ2) is 4.52. The number of hydrogen-bond donors (Lipinski definition) is 1. The Hall–Kier alpha value is -0.340. The predicted octanol–water partition coefficient (Wildman–Crippen LogP) is 1.55. The van der Waals surface area contributed by atoms with Crippen LogP contribution in [-0.4, -0.2) is 24.6 Å². The summed E-state index contributed by atoms with van der Waals surface area (Å²) in [4.78, 5) is 0. The fraction of sp³-hybridized carbons (Fsp3) is 0.778. The van der Waals surface area contributed by atoms with E-state index in [0.717, 1.165) is 13.1 Å². The van der Waals surface area contributed by atoms with E-state index in [2.05, 4.69) is 30.4 Å². The van der Waals surface area contributed by atoms with Crippen molar-refractivity contribution in [1.82, 2.24) is 10.4 Å². The molecule has 0 spiro atoms. The first kappa shape index (κ1) is 8.75. The van der Waals surface area contributed by atoms with Crippen molar-refractivity contribution in [2.24, 2.45) is 0 Å². The van der Waals surface area contributed by atoms with Gasteiger partial charge in [-0.2, -0.15) is 0 Å². The lowest BCUT2D eigenvalue weighted by molar-refractivity contribution is 0.171. The molecule has 1 heterocycles. The Kier molecular flexibility index (Phi) is 3.60. The molecule has 0 radical (unpaired) electrons. The standard InChI is InChI=1S/C9H18N2/c1-9(2)5-8-11-7-4-3-6-10-11/h5,10H,3-4,6-8H2,1-2H3. The lowest BCUT2D eigenvalue weighted by atomic mass is 10.2. The highest BCUT2D eigenvalue weighted by atomic mass is 15.5. The molecule has 2 heteroatoms. The third kappa shape index (κ3) is 3.54. The zero-order valence-corrected chi connectivity index (χ0v) is 7.56. The van der Waals surface area contributed by atoms with Gasteiger partial charge in [-0.3, -0.25) is 5.43 Å². The number of rotatable bonds is 2. The summed E-state index contributed by atoms with van der Waals surface area (Å²) in [5, 5.41) is 2.29. The van der Waals surface area contributed by atoms with Gasteiger partial charge in [0.2, 0.25) is 0 Å². The van der Waals surface area contributed by atoms with Crippen LogP contribution in [-0.2, 0) is 0 Å². The van der Waals surface area contributed by atoms with Gasteiger partial charge >= 0.3 is 0 Å². The SMILES string of the molecule is CC(C)=CCN1CCCCN1. The average molecular weight is 154 g/mol. The van der Waals surface area contributed by atoms with Crippen LogP contribution in [0, 0.1) is 0 Å². The number of hydrazine groups is 1. The van der Waals surface area contributed by atoms with E-state index in [1.807, 2.05) is 0 Å². The molecule has 64 valence electrons. The van der Waals surface area contributed by atoms with Gasteiger partial charge in [0.1, 0.15) is 0 Å². The maximum atomic E-state index is 3.36. The van der Waals surface area contributed by atoms with Crippen molar-refractivity contribution in [3.63, 3.8) is 0 Å². The predicted molar refractivity (Wildman–Crippen MR) is 48.2 cm³/mol. The van der Waals surface area contributed by atoms with Gasteiger partial charge in [-0.05, 0) is 26.7 Å². The van der Waals surface area contributed by atoms with Crippen LogP contribution in [0.4, 0.5) is 0 Å². The highest BCUT2D eigenvalue weighted by molar-refractivity contribution is 4.94. The molecule has 0 atom stereocenters. The summed E-state index contributed by atoms with van der Waals surface area (Å²) in [5.41, 5.74) is 4.76. The number of hydrogen-bond acceptors (Lipinski definition) is 2. The van der Waals surface area contributed by atoms with Crippen molar-refractivity contribution in [2.45, 2.75) is 26.7 Å². The molecule has 0 saturated carbocycles. The third-order valence-electron chi connectivity index (χ3n) is 1.91. The van der Waals surface area contributed by atoms with E-state index >= 15 is 0 Å². The molecule has 0 unspecified atom stereocenters. The van der Waals surface area contributed by atoms with Crippen LogP contribution in [0.15, 0.2) is 11.6 Å². The normalized spacial score (nSPS) is 19.8. The molecular weight excluding hydrogens is 136 g/mol. The van der Waals surface area contributed by atoms with E-state index in [1.54, 1.807) is 0 Å². The van der Waals surface area contributed by atoms with Gasteiger partial charge in [-0.25, -0.2) is 5.01 Å². The fourth-order valence-electron chi connectivity index (χ4n) is 1.19. The van der Waals surface area contributed by atoms with Crippen LogP contribution >= 0.6 is 0 Å². The highest BCUT2D eigenvalue weighted by Crippen LogP contribution is 1.99. The zero-order valence-electron chi connectivity index (χ0n) is 7.56. The third-order valence-corrected chi connectivity index (χ3v) is 1.91. The molecule has 1 fully saturated rings. The van der Waals surface area contributed by atoms with E-state index in [0.29, 0.717) is 0 Å². The molecule has 0 aromatic heterocycles. The first-order valence-corrected chi connectivity index (χ1v) is 4.41.